The molecule has 2 aromatic rings. The van der Waals surface area contributed by atoms with E-state index >= 15 is 0 Å². The van der Waals surface area contributed by atoms with Crippen LogP contribution < -0.4 is 5.11 Å². The molecule has 0 spiro atoms. The summed E-state index contributed by atoms with van der Waals surface area (Å²) in [5.74, 6) is -1.21. The first-order valence-corrected chi connectivity index (χ1v) is 5.58. The zero-order valence-corrected chi connectivity index (χ0v) is 9.96. The molecule has 0 aliphatic carbocycles. The minimum atomic E-state index is -1.21. The molecule has 3 heteroatoms. The first kappa shape index (κ1) is 12.0. The first-order valence-electron chi connectivity index (χ1n) is 5.58. The van der Waals surface area contributed by atoms with Crippen LogP contribution in [0.2, 0.25) is 0 Å². The fourth-order valence-electron chi connectivity index (χ4n) is 1.67. The van der Waals surface area contributed by atoms with Crippen LogP contribution in [-0.4, -0.2) is 12.2 Å². The topological polar surface area (TPSA) is 52.5 Å². The van der Waals surface area contributed by atoms with Crippen LogP contribution in [0.4, 0.5) is 5.69 Å². The van der Waals surface area contributed by atoms with Crippen molar-refractivity contribution in [3.8, 4) is 0 Å². The number of hydrogen-bond acceptors (Lipinski definition) is 3. The predicted octanol–water partition coefficient (Wildman–Crippen LogP) is 2.11. The van der Waals surface area contributed by atoms with E-state index in [1.807, 2.05) is 43.3 Å². The van der Waals surface area contributed by atoms with Gasteiger partial charge < -0.3 is 9.90 Å². The van der Waals surface area contributed by atoms with Crippen LogP contribution in [0.1, 0.15) is 21.5 Å². The highest BCUT2D eigenvalue weighted by Crippen LogP contribution is 2.23. The van der Waals surface area contributed by atoms with Gasteiger partial charge in [-0.25, -0.2) is 0 Å². The second-order valence-electron chi connectivity index (χ2n) is 3.93. The van der Waals surface area contributed by atoms with Crippen LogP contribution in [0.3, 0.4) is 0 Å². The molecule has 2 aromatic carbocycles. The van der Waals surface area contributed by atoms with Gasteiger partial charge in [0.15, 0.2) is 0 Å². The molecule has 0 atom stereocenters. The molecule has 0 radical (unpaired) electrons. The van der Waals surface area contributed by atoms with Gasteiger partial charge in [-0.1, -0.05) is 48.5 Å². The van der Waals surface area contributed by atoms with Gasteiger partial charge >= 0.3 is 0 Å². The largest absolute Gasteiger partial charge is 0.545 e. The molecular formula is C15H12NO2-. The molecule has 0 aliphatic rings. The number of nitrogens with zero attached hydrogens (tertiary/aromatic N) is 1. The van der Waals surface area contributed by atoms with Crippen molar-refractivity contribution in [1.82, 2.24) is 0 Å². The Balaban J connectivity index is 2.40. The Labute approximate surface area is 105 Å². The number of carbonyl (C=O) groups is 1. The zero-order valence-electron chi connectivity index (χ0n) is 9.96. The van der Waals surface area contributed by atoms with Crippen molar-refractivity contribution >= 4 is 17.9 Å². The number of aryl methyl sites for hydroxylation is 1. The maximum absolute atomic E-state index is 11.0. The maximum Gasteiger partial charge on any atom is 0.0749 e. The molecule has 0 saturated carbocycles. The zero-order chi connectivity index (χ0) is 13.0. The number of benzene rings is 2. The summed E-state index contributed by atoms with van der Waals surface area (Å²) in [6.45, 7) is 1.82. The first-order chi connectivity index (χ1) is 8.68. The van der Waals surface area contributed by atoms with E-state index in [-0.39, 0.29) is 5.56 Å². The van der Waals surface area contributed by atoms with Crippen molar-refractivity contribution in [1.29, 1.82) is 0 Å². The minimum absolute atomic E-state index is 0.113. The molecular weight excluding hydrogens is 226 g/mol. The fraction of sp³-hybridized carbons (Fsp3) is 0.0667. The summed E-state index contributed by atoms with van der Waals surface area (Å²) in [5.41, 5.74) is 2.29. The monoisotopic (exact) mass is 238 g/mol. The summed E-state index contributed by atoms with van der Waals surface area (Å²) < 4.78 is 0. The number of carbonyl (C=O) groups excluding carboxylic acids is 1. The van der Waals surface area contributed by atoms with Crippen LogP contribution in [0.15, 0.2) is 53.5 Å². The van der Waals surface area contributed by atoms with Crippen molar-refractivity contribution in [2.45, 2.75) is 6.92 Å². The Morgan fingerprint density at radius 2 is 1.83 bits per heavy atom. The average molecular weight is 238 g/mol. The van der Waals surface area contributed by atoms with Gasteiger partial charge in [0.05, 0.1) is 11.7 Å². The summed E-state index contributed by atoms with van der Waals surface area (Å²) in [4.78, 5) is 15.3. The highest BCUT2D eigenvalue weighted by Gasteiger charge is 2.04. The van der Waals surface area contributed by atoms with Crippen LogP contribution >= 0.6 is 0 Å². The summed E-state index contributed by atoms with van der Waals surface area (Å²) >= 11 is 0. The number of hydrogen-bond donors (Lipinski definition) is 0. The van der Waals surface area contributed by atoms with Gasteiger partial charge in [0.1, 0.15) is 0 Å². The van der Waals surface area contributed by atoms with E-state index in [0.717, 1.165) is 11.1 Å². The predicted molar refractivity (Wildman–Crippen MR) is 69.2 cm³/mol. The number of rotatable bonds is 3. The smallest absolute Gasteiger partial charge is 0.0749 e. The van der Waals surface area contributed by atoms with E-state index in [1.54, 1.807) is 12.3 Å². The Hall–Kier alpha value is -2.42. The quantitative estimate of drug-likeness (QED) is 0.769. The Morgan fingerprint density at radius 3 is 2.50 bits per heavy atom. The summed E-state index contributed by atoms with van der Waals surface area (Å²) in [6.07, 6.45) is 1.65. The van der Waals surface area contributed by atoms with Gasteiger partial charge in [0.2, 0.25) is 0 Å². The Morgan fingerprint density at radius 1 is 1.11 bits per heavy atom. The van der Waals surface area contributed by atoms with E-state index in [9.17, 15) is 9.90 Å². The molecule has 0 heterocycles. The highest BCUT2D eigenvalue weighted by molar-refractivity contribution is 5.94. The Bertz CT molecular complexity index is 589. The Kier molecular flexibility index (Phi) is 3.53. The van der Waals surface area contributed by atoms with Crippen LogP contribution in [0.25, 0.3) is 0 Å². The number of aromatic carboxylic acids is 1. The minimum Gasteiger partial charge on any atom is -0.545 e. The third-order valence-electron chi connectivity index (χ3n) is 2.60. The van der Waals surface area contributed by atoms with Gasteiger partial charge in [-0.15, -0.1) is 0 Å². The van der Waals surface area contributed by atoms with Gasteiger partial charge in [-0.2, -0.15) is 0 Å². The lowest BCUT2D eigenvalue weighted by molar-refractivity contribution is -0.254. The van der Waals surface area contributed by atoms with Crippen LogP contribution in [0.5, 0.6) is 0 Å². The van der Waals surface area contributed by atoms with Crippen molar-refractivity contribution in [3.63, 3.8) is 0 Å². The van der Waals surface area contributed by atoms with Crippen LogP contribution in [0, 0.1) is 6.92 Å². The average Bonchev–Trinajstić information content (AvgIpc) is 2.38. The second-order valence-corrected chi connectivity index (χ2v) is 3.93. The van der Waals surface area contributed by atoms with E-state index in [1.165, 1.54) is 6.07 Å². The van der Waals surface area contributed by atoms with Gasteiger partial charge in [0.25, 0.3) is 0 Å². The van der Waals surface area contributed by atoms with Crippen molar-refractivity contribution in [3.05, 3.63) is 65.2 Å². The molecule has 0 N–H and O–H groups in total. The number of para-hydroxylation sites is 1. The van der Waals surface area contributed by atoms with E-state index in [4.69, 9.17) is 0 Å². The third-order valence-corrected chi connectivity index (χ3v) is 2.60. The lowest BCUT2D eigenvalue weighted by Gasteiger charge is -2.08. The standard InChI is InChI=1S/C15H13NO2/c1-11-6-5-9-13(15(17)18)14(11)16-10-12-7-3-2-4-8-12/h2-10H,1H3,(H,17,18)/p-1. The molecule has 3 nitrogen and oxygen atoms in total. The molecule has 90 valence electrons. The molecule has 0 fully saturated rings. The normalized spacial score (nSPS) is 10.7. The molecule has 18 heavy (non-hydrogen) atoms. The third kappa shape index (κ3) is 2.63. The van der Waals surface area contributed by atoms with Crippen molar-refractivity contribution in [2.24, 2.45) is 4.99 Å². The summed E-state index contributed by atoms with van der Waals surface area (Å²) in [5, 5.41) is 11.0. The van der Waals surface area contributed by atoms with Crippen molar-refractivity contribution < 1.29 is 9.90 Å². The second kappa shape index (κ2) is 5.27. The number of aliphatic imine (C=N–C) groups is 1. The number of carboxylic acids is 1. The van der Waals surface area contributed by atoms with Crippen molar-refractivity contribution in [2.75, 3.05) is 0 Å². The molecule has 0 unspecified atom stereocenters. The molecule has 0 amide bonds. The fourth-order valence-corrected chi connectivity index (χ4v) is 1.67. The lowest BCUT2D eigenvalue weighted by Crippen LogP contribution is -2.22. The maximum atomic E-state index is 11.0. The van der Waals surface area contributed by atoms with Gasteiger partial charge in [0, 0.05) is 11.8 Å². The summed E-state index contributed by atoms with van der Waals surface area (Å²) in [7, 11) is 0. The van der Waals surface area contributed by atoms with E-state index in [2.05, 4.69) is 4.99 Å². The highest BCUT2D eigenvalue weighted by atomic mass is 16.4. The van der Waals surface area contributed by atoms with Gasteiger partial charge in [-0.3, -0.25) is 4.99 Å². The molecule has 0 aromatic heterocycles. The van der Waals surface area contributed by atoms with Crippen LogP contribution in [-0.2, 0) is 0 Å². The van der Waals surface area contributed by atoms with E-state index < -0.39 is 5.97 Å². The van der Waals surface area contributed by atoms with E-state index in [0.29, 0.717) is 5.69 Å². The molecule has 0 aliphatic heterocycles. The summed E-state index contributed by atoms with van der Waals surface area (Å²) in [6, 6.07) is 14.5. The SMILES string of the molecule is Cc1cccc(C(=O)[O-])c1N=Cc1ccccc1. The van der Waals surface area contributed by atoms with Gasteiger partial charge in [-0.05, 0) is 18.1 Å². The lowest BCUT2D eigenvalue weighted by atomic mass is 10.1. The molecule has 2 rings (SSSR count). The number of carboxylic acid groups (broad SMARTS) is 1. The molecule has 0 bridgehead atoms. The molecule has 0 saturated heterocycles.